The SMILES string of the molecule is CC(C)(C)OC(=O)c1ccc(Nc2cc(F)ccc2[N+](=O)[O-])cc1. The molecule has 0 radical (unpaired) electrons. The first-order valence-corrected chi connectivity index (χ1v) is 7.20. The molecule has 126 valence electrons. The predicted molar refractivity (Wildman–Crippen MR) is 87.9 cm³/mol. The highest BCUT2D eigenvalue weighted by Crippen LogP contribution is 2.28. The van der Waals surface area contributed by atoms with Gasteiger partial charge in [-0.15, -0.1) is 0 Å². The number of nitro groups is 1. The second-order valence-corrected chi connectivity index (χ2v) is 6.12. The predicted octanol–water partition coefficient (Wildman–Crippen LogP) is 4.43. The Morgan fingerprint density at radius 2 is 1.79 bits per heavy atom. The van der Waals surface area contributed by atoms with Gasteiger partial charge in [0.25, 0.3) is 5.69 Å². The quantitative estimate of drug-likeness (QED) is 0.509. The first kappa shape index (κ1) is 17.4. The molecule has 7 heteroatoms. The summed E-state index contributed by atoms with van der Waals surface area (Å²) in [5.74, 6) is -1.06. The fourth-order valence-electron chi connectivity index (χ4n) is 1.95. The van der Waals surface area contributed by atoms with Gasteiger partial charge in [0.05, 0.1) is 10.5 Å². The maximum Gasteiger partial charge on any atom is 0.338 e. The van der Waals surface area contributed by atoms with Crippen molar-refractivity contribution in [1.82, 2.24) is 0 Å². The van der Waals surface area contributed by atoms with Crippen LogP contribution in [0.15, 0.2) is 42.5 Å². The van der Waals surface area contributed by atoms with Crippen LogP contribution in [0.25, 0.3) is 0 Å². The first-order valence-electron chi connectivity index (χ1n) is 7.20. The Labute approximate surface area is 138 Å². The summed E-state index contributed by atoms with van der Waals surface area (Å²) in [5, 5.41) is 13.8. The van der Waals surface area contributed by atoms with Crippen LogP contribution in [0.4, 0.5) is 21.5 Å². The van der Waals surface area contributed by atoms with Crippen molar-refractivity contribution in [1.29, 1.82) is 0 Å². The van der Waals surface area contributed by atoms with E-state index in [0.29, 0.717) is 11.3 Å². The van der Waals surface area contributed by atoms with E-state index in [-0.39, 0.29) is 11.4 Å². The summed E-state index contributed by atoms with van der Waals surface area (Å²) in [6.45, 7) is 5.30. The van der Waals surface area contributed by atoms with Crippen molar-refractivity contribution in [3.05, 3.63) is 64.0 Å². The van der Waals surface area contributed by atoms with Gasteiger partial charge in [-0.25, -0.2) is 9.18 Å². The molecule has 24 heavy (non-hydrogen) atoms. The minimum absolute atomic E-state index is 0.0324. The molecule has 0 saturated heterocycles. The van der Waals surface area contributed by atoms with Crippen LogP contribution in [-0.2, 0) is 4.74 Å². The molecule has 2 aromatic rings. The van der Waals surface area contributed by atoms with Crippen LogP contribution in [-0.4, -0.2) is 16.5 Å². The molecule has 0 amide bonds. The second-order valence-electron chi connectivity index (χ2n) is 6.12. The monoisotopic (exact) mass is 332 g/mol. The van der Waals surface area contributed by atoms with E-state index >= 15 is 0 Å². The first-order chi connectivity index (χ1) is 11.2. The molecular weight excluding hydrogens is 315 g/mol. The number of hydrogen-bond donors (Lipinski definition) is 1. The molecule has 2 aromatic carbocycles. The highest BCUT2D eigenvalue weighted by atomic mass is 19.1. The molecule has 1 N–H and O–H groups in total. The number of nitrogens with zero attached hydrogens (tertiary/aromatic N) is 1. The van der Waals surface area contributed by atoms with Crippen molar-refractivity contribution < 1.29 is 18.8 Å². The summed E-state index contributed by atoms with van der Waals surface area (Å²) in [7, 11) is 0. The van der Waals surface area contributed by atoms with Crippen LogP contribution < -0.4 is 5.32 Å². The van der Waals surface area contributed by atoms with Crippen LogP contribution in [0.5, 0.6) is 0 Å². The number of esters is 1. The molecule has 0 atom stereocenters. The smallest absolute Gasteiger partial charge is 0.338 e. The van der Waals surface area contributed by atoms with E-state index in [4.69, 9.17) is 4.74 Å². The van der Waals surface area contributed by atoms with E-state index in [1.807, 2.05) is 0 Å². The zero-order valence-corrected chi connectivity index (χ0v) is 13.5. The minimum atomic E-state index is -0.601. The van der Waals surface area contributed by atoms with Crippen molar-refractivity contribution in [3.8, 4) is 0 Å². The summed E-state index contributed by atoms with van der Waals surface area (Å²) < 4.78 is 18.6. The van der Waals surface area contributed by atoms with Gasteiger partial charge < -0.3 is 10.1 Å². The number of carbonyl (C=O) groups excluding carboxylic acids is 1. The zero-order chi connectivity index (χ0) is 17.9. The topological polar surface area (TPSA) is 81.5 Å². The fraction of sp³-hybridized carbons (Fsp3) is 0.235. The highest BCUT2D eigenvalue weighted by Gasteiger charge is 2.18. The molecule has 6 nitrogen and oxygen atoms in total. The number of nitro benzene ring substituents is 1. The Balaban J connectivity index is 2.20. The summed E-state index contributed by atoms with van der Waals surface area (Å²) in [6.07, 6.45) is 0. The Kier molecular flexibility index (Phi) is 4.82. The van der Waals surface area contributed by atoms with Gasteiger partial charge in [0.2, 0.25) is 0 Å². The molecule has 0 spiro atoms. The molecule has 0 aliphatic rings. The van der Waals surface area contributed by atoms with Gasteiger partial charge in [-0.2, -0.15) is 0 Å². The molecule has 0 heterocycles. The summed E-state index contributed by atoms with van der Waals surface area (Å²) in [5.41, 5.74) is 0.0220. The number of nitrogens with one attached hydrogen (secondary N) is 1. The average Bonchev–Trinajstić information content (AvgIpc) is 2.46. The lowest BCUT2D eigenvalue weighted by atomic mass is 10.1. The third kappa shape index (κ3) is 4.52. The molecule has 0 saturated carbocycles. The maximum absolute atomic E-state index is 13.3. The maximum atomic E-state index is 13.3. The largest absolute Gasteiger partial charge is 0.456 e. The molecule has 2 rings (SSSR count). The highest BCUT2D eigenvalue weighted by molar-refractivity contribution is 5.90. The normalized spacial score (nSPS) is 11.0. The van der Waals surface area contributed by atoms with Crippen LogP contribution in [0.2, 0.25) is 0 Å². The summed E-state index contributed by atoms with van der Waals surface area (Å²) in [6, 6.07) is 9.34. The minimum Gasteiger partial charge on any atom is -0.456 e. The molecular formula is C17H17FN2O4. The van der Waals surface area contributed by atoms with E-state index in [0.717, 1.165) is 18.2 Å². The average molecular weight is 332 g/mol. The Bertz CT molecular complexity index is 767. The van der Waals surface area contributed by atoms with Gasteiger partial charge in [-0.3, -0.25) is 10.1 Å². The number of benzene rings is 2. The molecule has 0 fully saturated rings. The van der Waals surface area contributed by atoms with Crippen molar-refractivity contribution in [3.63, 3.8) is 0 Å². The fourth-order valence-corrected chi connectivity index (χ4v) is 1.95. The lowest BCUT2D eigenvalue weighted by Crippen LogP contribution is -2.23. The van der Waals surface area contributed by atoms with Gasteiger partial charge in [-0.05, 0) is 51.1 Å². The molecule has 0 bridgehead atoms. The van der Waals surface area contributed by atoms with E-state index < -0.39 is 22.3 Å². The van der Waals surface area contributed by atoms with Crippen LogP contribution in [0.1, 0.15) is 31.1 Å². The van der Waals surface area contributed by atoms with E-state index in [1.54, 1.807) is 32.9 Å². The Morgan fingerprint density at radius 3 is 2.33 bits per heavy atom. The van der Waals surface area contributed by atoms with Crippen LogP contribution in [0.3, 0.4) is 0 Å². The van der Waals surface area contributed by atoms with Gasteiger partial charge >= 0.3 is 5.97 Å². The zero-order valence-electron chi connectivity index (χ0n) is 13.5. The van der Waals surface area contributed by atoms with E-state index in [2.05, 4.69) is 5.32 Å². The van der Waals surface area contributed by atoms with E-state index in [1.165, 1.54) is 12.1 Å². The van der Waals surface area contributed by atoms with Crippen LogP contribution in [0, 0.1) is 15.9 Å². The van der Waals surface area contributed by atoms with Crippen molar-refractivity contribution >= 4 is 23.0 Å². The third-order valence-electron chi connectivity index (χ3n) is 2.95. The lowest BCUT2D eigenvalue weighted by Gasteiger charge is -2.19. The number of carbonyl (C=O) groups is 1. The summed E-state index contributed by atoms with van der Waals surface area (Å²) in [4.78, 5) is 22.3. The molecule has 0 unspecified atom stereocenters. The summed E-state index contributed by atoms with van der Waals surface area (Å²) >= 11 is 0. The number of halogens is 1. The Hall–Kier alpha value is -2.96. The van der Waals surface area contributed by atoms with Crippen molar-refractivity contribution in [2.75, 3.05) is 5.32 Å². The van der Waals surface area contributed by atoms with Gasteiger partial charge in [-0.1, -0.05) is 0 Å². The molecule has 0 aliphatic carbocycles. The number of hydrogen-bond acceptors (Lipinski definition) is 5. The van der Waals surface area contributed by atoms with E-state index in [9.17, 15) is 19.3 Å². The Morgan fingerprint density at radius 1 is 1.17 bits per heavy atom. The van der Waals surface area contributed by atoms with Crippen molar-refractivity contribution in [2.45, 2.75) is 26.4 Å². The number of anilines is 2. The number of rotatable bonds is 4. The van der Waals surface area contributed by atoms with Gasteiger partial charge in [0.1, 0.15) is 17.1 Å². The molecule has 0 aromatic heterocycles. The molecule has 0 aliphatic heterocycles. The lowest BCUT2D eigenvalue weighted by molar-refractivity contribution is -0.384. The number of ether oxygens (including phenoxy) is 1. The van der Waals surface area contributed by atoms with Crippen molar-refractivity contribution in [2.24, 2.45) is 0 Å². The standard InChI is InChI=1S/C17H17FN2O4/c1-17(2,3)24-16(21)11-4-7-13(8-5-11)19-14-10-12(18)6-9-15(14)20(22)23/h4-10,19H,1-3H3. The van der Waals surface area contributed by atoms with Crippen LogP contribution >= 0.6 is 0 Å². The second kappa shape index (κ2) is 6.66. The van der Waals surface area contributed by atoms with Gasteiger partial charge in [0, 0.05) is 17.8 Å². The van der Waals surface area contributed by atoms with Gasteiger partial charge in [0.15, 0.2) is 0 Å². The third-order valence-corrected chi connectivity index (χ3v) is 2.95.